The van der Waals surface area contributed by atoms with Crippen LogP contribution < -0.4 is 44.9 Å². The molecule has 6 nitrogen and oxygen atoms in total. The minimum atomic E-state index is -0.0711. The summed E-state index contributed by atoms with van der Waals surface area (Å²) in [7, 11) is 0. The van der Waals surface area contributed by atoms with Gasteiger partial charge in [0.2, 0.25) is 0 Å². The number of benzene rings is 3. The molecule has 0 atom stereocenters. The van der Waals surface area contributed by atoms with Gasteiger partial charge in [-0.2, -0.15) is 0 Å². The van der Waals surface area contributed by atoms with Gasteiger partial charge in [-0.1, -0.05) is 213 Å². The maximum absolute atomic E-state index is 12.3. The Morgan fingerprint density at radius 3 is 0.516 bits per heavy atom. The second-order valence-electron chi connectivity index (χ2n) is 22.5. The predicted octanol–water partition coefficient (Wildman–Crippen LogP) is 9.46. The Labute approximate surface area is 413 Å². The van der Waals surface area contributed by atoms with Gasteiger partial charge in [0, 0.05) is 39.6 Å². The first kappa shape index (κ1) is 62.5. The molecule has 6 rings (SSSR count). The maximum Gasteiger partial charge on any atom is 2.00 e. The molecule has 3 aliphatic rings. The molecule has 0 amide bonds. The summed E-state index contributed by atoms with van der Waals surface area (Å²) in [4.78, 5) is 0. The summed E-state index contributed by atoms with van der Waals surface area (Å²) in [6.07, 6.45) is 7.67. The van der Waals surface area contributed by atoms with E-state index in [9.17, 15) is 15.3 Å². The molecule has 1 radical (unpaired) electrons. The van der Waals surface area contributed by atoms with E-state index in [1.807, 2.05) is 54.6 Å². The third-order valence-electron chi connectivity index (χ3n) is 10.4. The van der Waals surface area contributed by atoms with Gasteiger partial charge in [0.05, 0.1) is 0 Å². The SMILES string of the molecule is C1CCOC1.C1CCOC1.C1CCOC1.CC(C)(C)c1cccc(C(C)(C)C)c1[O-].CC(C)(C)c1cccc(C(C)(C)C)c1[O-].CC(C)(C)c1cccc(C(C)(C)C)c1[O-].[Co+2].[Na+]. The van der Waals surface area contributed by atoms with Crippen LogP contribution in [0.5, 0.6) is 17.2 Å². The van der Waals surface area contributed by atoms with Gasteiger partial charge in [0.1, 0.15) is 0 Å². The molecule has 0 saturated carbocycles. The molecule has 3 saturated heterocycles. The van der Waals surface area contributed by atoms with E-state index in [4.69, 9.17) is 14.2 Å². The summed E-state index contributed by atoms with van der Waals surface area (Å²) in [5.74, 6) is 0.618. The standard InChI is InChI=1S/3C14H22O.3C4H8O.Co.Na/c3*1-13(2,3)10-8-7-9-11(12(10)15)14(4,5)6;3*1-2-4-5-3-1;;/h3*7-9,15H,1-6H3;3*1-4H2;;/q;;;;;;+2;+1/p-3. The topological polar surface area (TPSA) is 96.9 Å². The van der Waals surface area contributed by atoms with Crippen LogP contribution in [0.1, 0.15) is 197 Å². The fraction of sp³-hybridized carbons (Fsp3) is 0.667. The van der Waals surface area contributed by atoms with Crippen LogP contribution in [0.4, 0.5) is 0 Å². The van der Waals surface area contributed by atoms with Crippen LogP contribution in [0.15, 0.2) is 54.6 Å². The predicted molar refractivity (Wildman–Crippen MR) is 250 cm³/mol. The molecule has 3 aromatic rings. The minimum Gasteiger partial charge on any atom is -0.872 e. The molecule has 0 aliphatic carbocycles. The molecule has 0 unspecified atom stereocenters. The second-order valence-corrected chi connectivity index (χ2v) is 22.5. The monoisotopic (exact) mass is 914 g/mol. The smallest absolute Gasteiger partial charge is 0.872 e. The third-order valence-corrected chi connectivity index (χ3v) is 10.4. The van der Waals surface area contributed by atoms with Crippen molar-refractivity contribution in [2.45, 2.75) is 196 Å². The summed E-state index contributed by atoms with van der Waals surface area (Å²) >= 11 is 0. The van der Waals surface area contributed by atoms with Crippen molar-refractivity contribution >= 4 is 0 Å². The molecule has 0 bridgehead atoms. The van der Waals surface area contributed by atoms with E-state index in [0.717, 1.165) is 73.0 Å². The Morgan fingerprint density at radius 1 is 0.306 bits per heavy atom. The summed E-state index contributed by atoms with van der Waals surface area (Å²) < 4.78 is 14.8. The molecule has 0 aromatic heterocycles. The molecule has 3 fully saturated rings. The molecule has 349 valence electrons. The Kier molecular flexibility index (Phi) is 28.1. The quantitative estimate of drug-likeness (QED) is 0.209. The first-order chi connectivity index (χ1) is 27.4. The zero-order chi connectivity index (χ0) is 46.2. The van der Waals surface area contributed by atoms with Crippen LogP contribution >= 0.6 is 0 Å². The van der Waals surface area contributed by atoms with Crippen molar-refractivity contribution < 1.29 is 75.9 Å². The van der Waals surface area contributed by atoms with Gasteiger partial charge in [-0.15, -0.1) is 17.2 Å². The summed E-state index contributed by atoms with van der Waals surface area (Å²) in [6.45, 7) is 43.4. The average molecular weight is 914 g/mol. The van der Waals surface area contributed by atoms with E-state index in [1.54, 1.807) is 0 Å². The van der Waals surface area contributed by atoms with Crippen molar-refractivity contribution in [1.82, 2.24) is 0 Å². The number of para-hydroxylation sites is 3. The van der Waals surface area contributed by atoms with Gasteiger partial charge in [-0.3, -0.25) is 0 Å². The van der Waals surface area contributed by atoms with E-state index in [0.29, 0.717) is 0 Å². The normalized spacial score (nSPS) is 15.2. The summed E-state index contributed by atoms with van der Waals surface area (Å²) in [5, 5.41) is 36.8. The van der Waals surface area contributed by atoms with Crippen LogP contribution in [0.3, 0.4) is 0 Å². The third kappa shape index (κ3) is 23.1. The van der Waals surface area contributed by atoms with Gasteiger partial charge >= 0.3 is 46.3 Å². The van der Waals surface area contributed by atoms with Crippen molar-refractivity contribution in [3.05, 3.63) is 88.0 Å². The average Bonchev–Trinajstić information content (AvgIpc) is 3.94. The van der Waals surface area contributed by atoms with Crippen LogP contribution in [-0.2, 0) is 63.5 Å². The Balaban J connectivity index is 0. The number of rotatable bonds is 0. The fourth-order valence-electron chi connectivity index (χ4n) is 6.69. The Bertz CT molecular complexity index is 1350. The van der Waals surface area contributed by atoms with Gasteiger partial charge < -0.3 is 29.5 Å². The molecular weight excluding hydrogens is 827 g/mol. The molecule has 3 heterocycles. The Morgan fingerprint density at radius 2 is 0.435 bits per heavy atom. The van der Waals surface area contributed by atoms with Gasteiger partial charge in [-0.25, -0.2) is 0 Å². The van der Waals surface area contributed by atoms with Crippen LogP contribution in [0.2, 0.25) is 0 Å². The number of hydrogen-bond donors (Lipinski definition) is 0. The maximum atomic E-state index is 12.3. The van der Waals surface area contributed by atoms with E-state index < -0.39 is 0 Å². The molecule has 3 aromatic carbocycles. The number of hydrogen-bond acceptors (Lipinski definition) is 6. The second kappa shape index (κ2) is 27.8. The van der Waals surface area contributed by atoms with Crippen molar-refractivity contribution in [2.75, 3.05) is 39.6 Å². The zero-order valence-electron chi connectivity index (χ0n) is 43.0. The van der Waals surface area contributed by atoms with Gasteiger partial charge in [-0.05, 0) is 71.0 Å². The van der Waals surface area contributed by atoms with Crippen molar-refractivity contribution in [2.24, 2.45) is 0 Å². The van der Waals surface area contributed by atoms with E-state index in [1.165, 1.54) is 38.5 Å². The van der Waals surface area contributed by atoms with Crippen molar-refractivity contribution in [3.63, 3.8) is 0 Å². The van der Waals surface area contributed by atoms with Gasteiger partial charge in [0.15, 0.2) is 0 Å². The van der Waals surface area contributed by atoms with E-state index in [2.05, 4.69) is 125 Å². The van der Waals surface area contributed by atoms with E-state index in [-0.39, 0.29) is 96.1 Å². The molecular formula is C54H87CoNaO6. The fourth-order valence-corrected chi connectivity index (χ4v) is 6.69. The minimum absolute atomic E-state index is 0. The van der Waals surface area contributed by atoms with Crippen LogP contribution in [0.25, 0.3) is 0 Å². The zero-order valence-corrected chi connectivity index (χ0v) is 46.0. The molecule has 0 N–H and O–H groups in total. The van der Waals surface area contributed by atoms with Crippen molar-refractivity contribution in [1.29, 1.82) is 0 Å². The molecule has 8 heteroatoms. The first-order valence-electron chi connectivity index (χ1n) is 22.6. The Hall–Kier alpha value is -1.55. The van der Waals surface area contributed by atoms with E-state index >= 15 is 0 Å². The largest absolute Gasteiger partial charge is 2.00 e. The number of ether oxygens (including phenoxy) is 3. The summed E-state index contributed by atoms with van der Waals surface area (Å²) in [5.41, 5.74) is 5.05. The van der Waals surface area contributed by atoms with Crippen molar-refractivity contribution in [3.8, 4) is 17.2 Å². The molecule has 62 heavy (non-hydrogen) atoms. The van der Waals surface area contributed by atoms with Crippen LogP contribution in [-0.4, -0.2) is 39.6 Å². The van der Waals surface area contributed by atoms with Crippen LogP contribution in [0, 0.1) is 0 Å². The summed E-state index contributed by atoms with van der Waals surface area (Å²) in [6, 6.07) is 17.6. The first-order valence-corrected chi connectivity index (χ1v) is 22.6. The molecule has 3 aliphatic heterocycles. The molecule has 0 spiro atoms. The van der Waals surface area contributed by atoms with Gasteiger partial charge in [0.25, 0.3) is 0 Å².